The van der Waals surface area contributed by atoms with Crippen LogP contribution in [-0.4, -0.2) is 47.6 Å². The molecule has 0 unspecified atom stereocenters. The summed E-state index contributed by atoms with van der Waals surface area (Å²) in [7, 11) is 0. The summed E-state index contributed by atoms with van der Waals surface area (Å²) in [6.45, 7) is 7.14. The van der Waals surface area contributed by atoms with Crippen molar-refractivity contribution in [1.29, 1.82) is 5.26 Å². The molecule has 0 atom stereocenters. The Morgan fingerprint density at radius 2 is 1.93 bits per heavy atom. The van der Waals surface area contributed by atoms with Gasteiger partial charge in [0.1, 0.15) is 0 Å². The highest BCUT2D eigenvalue weighted by Crippen LogP contribution is 2.38. The van der Waals surface area contributed by atoms with Crippen LogP contribution < -0.4 is 10.5 Å². The molecule has 3 heterocycles. The Balaban J connectivity index is 0.00000109. The molecule has 148 valence electrons. The van der Waals surface area contributed by atoms with Crippen LogP contribution >= 0.6 is 0 Å². The zero-order valence-electron chi connectivity index (χ0n) is 16.4. The summed E-state index contributed by atoms with van der Waals surface area (Å²) in [6.07, 6.45) is 2.92. The van der Waals surface area contributed by atoms with Crippen molar-refractivity contribution in [2.75, 3.05) is 37.8 Å². The molecule has 4 rings (SSSR count). The Morgan fingerprint density at radius 1 is 1.25 bits per heavy atom. The van der Waals surface area contributed by atoms with Gasteiger partial charge in [-0.2, -0.15) is 5.26 Å². The van der Waals surface area contributed by atoms with E-state index < -0.39 is 0 Å². The average molecular weight is 382 g/mol. The number of nitrogens with zero attached hydrogens (tertiary/aromatic N) is 4. The molecule has 1 aromatic carbocycles. The van der Waals surface area contributed by atoms with Crippen LogP contribution in [0.25, 0.3) is 5.69 Å². The minimum absolute atomic E-state index is 0.0805. The number of hydrogen-bond donors (Lipinski definition) is 1. The molecule has 0 bridgehead atoms. The van der Waals surface area contributed by atoms with Crippen molar-refractivity contribution < 1.29 is 9.84 Å². The summed E-state index contributed by atoms with van der Waals surface area (Å²) in [5.41, 5.74) is 2.03. The number of aryl methyl sites for hydroxylation is 1. The minimum Gasteiger partial charge on any atom is -0.396 e. The lowest BCUT2D eigenvalue weighted by Crippen LogP contribution is -2.67. The molecule has 2 saturated heterocycles. The first-order valence-corrected chi connectivity index (χ1v) is 9.71. The number of rotatable bonds is 5. The van der Waals surface area contributed by atoms with Crippen LogP contribution in [0.2, 0.25) is 0 Å². The third-order valence-electron chi connectivity index (χ3n) is 4.97. The lowest BCUT2D eigenvalue weighted by Gasteiger charge is -2.55. The Bertz CT molecular complexity index is 903. The molecule has 0 saturated carbocycles. The number of benzene rings is 1. The van der Waals surface area contributed by atoms with Gasteiger partial charge in [0.15, 0.2) is 5.82 Å². The molecular weight excluding hydrogens is 356 g/mol. The Labute approximate surface area is 164 Å². The van der Waals surface area contributed by atoms with Gasteiger partial charge in [0, 0.05) is 31.6 Å². The van der Waals surface area contributed by atoms with Crippen LogP contribution in [0.4, 0.5) is 5.82 Å². The molecule has 1 spiro atoms. The molecule has 1 aromatic heterocycles. The highest BCUT2D eigenvalue weighted by atomic mass is 16.5. The second-order valence-electron chi connectivity index (χ2n) is 7.07. The minimum atomic E-state index is -0.169. The molecule has 7 heteroatoms. The number of hydrogen-bond acceptors (Lipinski definition) is 6. The molecule has 2 aliphatic heterocycles. The van der Waals surface area contributed by atoms with Crippen molar-refractivity contribution in [2.45, 2.75) is 26.7 Å². The van der Waals surface area contributed by atoms with Crippen LogP contribution in [-0.2, 0) is 11.2 Å². The van der Waals surface area contributed by atoms with Crippen molar-refractivity contribution >= 4 is 5.82 Å². The number of ether oxygens (including phenoxy) is 1. The number of aromatic nitrogens is 2. The third kappa shape index (κ3) is 3.79. The molecule has 0 aliphatic carbocycles. The van der Waals surface area contributed by atoms with E-state index in [9.17, 15) is 4.79 Å². The fourth-order valence-corrected chi connectivity index (χ4v) is 3.49. The van der Waals surface area contributed by atoms with Crippen LogP contribution in [0.3, 0.4) is 0 Å². The normalized spacial score (nSPS) is 16.4. The van der Waals surface area contributed by atoms with E-state index in [-0.39, 0.29) is 17.6 Å². The maximum Gasteiger partial charge on any atom is 0.298 e. The first kappa shape index (κ1) is 20.1. The fraction of sp³-hybridized carbons (Fsp3) is 0.476. The lowest BCUT2D eigenvalue weighted by atomic mass is 9.78. The standard InChI is InChI=1S/C19H20N4O3.C2H6/c20-8-14-3-5-16(6-4-14)23-9-15(2-1-7-24)21-17(18(23)25)22-10-19(11-22)12-26-13-19;1-2/h3-6,9,24H,1-2,7,10-13H2;1-2H3. The lowest BCUT2D eigenvalue weighted by molar-refractivity contribution is -0.127. The predicted molar refractivity (Wildman–Crippen MR) is 107 cm³/mol. The Morgan fingerprint density at radius 3 is 2.46 bits per heavy atom. The van der Waals surface area contributed by atoms with E-state index in [1.807, 2.05) is 18.7 Å². The summed E-state index contributed by atoms with van der Waals surface area (Å²) in [5.74, 6) is 0.447. The van der Waals surface area contributed by atoms with Gasteiger partial charge < -0.3 is 14.7 Å². The van der Waals surface area contributed by atoms with Crippen molar-refractivity contribution in [3.8, 4) is 11.8 Å². The SMILES string of the molecule is CC.N#Cc1ccc(-n2cc(CCCO)nc(N3CC4(COC4)C3)c2=O)cc1. The van der Waals surface area contributed by atoms with E-state index in [4.69, 9.17) is 15.1 Å². The fourth-order valence-electron chi connectivity index (χ4n) is 3.49. The van der Waals surface area contributed by atoms with Crippen LogP contribution in [0.1, 0.15) is 31.5 Å². The molecule has 1 N–H and O–H groups in total. The molecular formula is C21H26N4O3. The van der Waals surface area contributed by atoms with Crippen LogP contribution in [0, 0.1) is 16.7 Å². The topological polar surface area (TPSA) is 91.4 Å². The quantitative estimate of drug-likeness (QED) is 0.849. The number of anilines is 1. The molecule has 2 aromatic rings. The molecule has 2 fully saturated rings. The van der Waals surface area contributed by atoms with Crippen molar-refractivity contribution in [3.63, 3.8) is 0 Å². The second kappa shape index (κ2) is 8.55. The van der Waals surface area contributed by atoms with Crippen molar-refractivity contribution in [3.05, 3.63) is 52.1 Å². The summed E-state index contributed by atoms with van der Waals surface area (Å²) < 4.78 is 6.88. The second-order valence-corrected chi connectivity index (χ2v) is 7.07. The smallest absolute Gasteiger partial charge is 0.298 e. The van der Waals surface area contributed by atoms with Crippen LogP contribution in [0.15, 0.2) is 35.3 Å². The number of nitriles is 1. The van der Waals surface area contributed by atoms with E-state index in [2.05, 4.69) is 11.1 Å². The van der Waals surface area contributed by atoms with E-state index in [0.717, 1.165) is 32.0 Å². The maximum atomic E-state index is 13.0. The van der Waals surface area contributed by atoms with Gasteiger partial charge in [-0.1, -0.05) is 13.8 Å². The maximum absolute atomic E-state index is 13.0. The van der Waals surface area contributed by atoms with Gasteiger partial charge in [0.2, 0.25) is 0 Å². The van der Waals surface area contributed by atoms with Gasteiger partial charge in [-0.25, -0.2) is 4.98 Å². The summed E-state index contributed by atoms with van der Waals surface area (Å²) >= 11 is 0. The first-order chi connectivity index (χ1) is 13.6. The largest absolute Gasteiger partial charge is 0.396 e. The van der Waals surface area contributed by atoms with Crippen molar-refractivity contribution in [1.82, 2.24) is 9.55 Å². The van der Waals surface area contributed by atoms with E-state index in [0.29, 0.717) is 29.9 Å². The number of aliphatic hydroxyl groups excluding tert-OH is 1. The summed E-state index contributed by atoms with van der Waals surface area (Å²) in [6, 6.07) is 8.99. The summed E-state index contributed by atoms with van der Waals surface area (Å²) in [4.78, 5) is 19.6. The molecule has 0 radical (unpaired) electrons. The van der Waals surface area contributed by atoms with E-state index >= 15 is 0 Å². The van der Waals surface area contributed by atoms with Gasteiger partial charge in [-0.3, -0.25) is 9.36 Å². The van der Waals surface area contributed by atoms with Gasteiger partial charge >= 0.3 is 0 Å². The van der Waals surface area contributed by atoms with E-state index in [1.54, 1.807) is 35.0 Å². The zero-order chi connectivity index (χ0) is 20.1. The highest BCUT2D eigenvalue weighted by molar-refractivity contribution is 5.47. The number of aliphatic hydroxyl groups is 1. The van der Waals surface area contributed by atoms with Crippen molar-refractivity contribution in [2.24, 2.45) is 5.41 Å². The Hall–Kier alpha value is -2.69. The molecule has 7 nitrogen and oxygen atoms in total. The highest BCUT2D eigenvalue weighted by Gasteiger charge is 2.50. The third-order valence-corrected chi connectivity index (χ3v) is 4.97. The molecule has 0 amide bonds. The molecule has 2 aliphatic rings. The van der Waals surface area contributed by atoms with Gasteiger partial charge in [0.25, 0.3) is 5.56 Å². The monoisotopic (exact) mass is 382 g/mol. The van der Waals surface area contributed by atoms with Gasteiger partial charge in [-0.15, -0.1) is 0 Å². The average Bonchev–Trinajstić information content (AvgIpc) is 2.67. The Kier molecular flexibility index (Phi) is 6.12. The zero-order valence-corrected chi connectivity index (χ0v) is 16.4. The van der Waals surface area contributed by atoms with Gasteiger partial charge in [0.05, 0.1) is 36.0 Å². The van der Waals surface area contributed by atoms with Crippen LogP contribution in [0.5, 0.6) is 0 Å². The molecule has 28 heavy (non-hydrogen) atoms. The summed E-state index contributed by atoms with van der Waals surface area (Å²) in [5, 5.41) is 18.1. The van der Waals surface area contributed by atoms with E-state index in [1.165, 1.54) is 0 Å². The predicted octanol–water partition coefficient (Wildman–Crippen LogP) is 1.89. The first-order valence-electron chi connectivity index (χ1n) is 9.71. The van der Waals surface area contributed by atoms with Gasteiger partial charge in [-0.05, 0) is 37.1 Å².